The summed E-state index contributed by atoms with van der Waals surface area (Å²) in [7, 11) is 1.65. The van der Waals surface area contributed by atoms with Gasteiger partial charge in [0.15, 0.2) is 0 Å². The van der Waals surface area contributed by atoms with Crippen molar-refractivity contribution < 1.29 is 9.53 Å². The maximum Gasteiger partial charge on any atom is 0.315 e. The fourth-order valence-corrected chi connectivity index (χ4v) is 3.06. The first kappa shape index (κ1) is 18.2. The Labute approximate surface area is 154 Å². The smallest absolute Gasteiger partial charge is 0.315 e. The van der Waals surface area contributed by atoms with Gasteiger partial charge in [-0.05, 0) is 35.6 Å². The molecule has 2 aromatic rings. The van der Waals surface area contributed by atoms with Crippen molar-refractivity contribution in [2.24, 2.45) is 0 Å². The molecule has 1 aliphatic heterocycles. The zero-order chi connectivity index (χ0) is 18.2. The summed E-state index contributed by atoms with van der Waals surface area (Å²) in [6.07, 6.45) is 3.69. The van der Waals surface area contributed by atoms with Gasteiger partial charge in [0.2, 0.25) is 0 Å². The molecule has 26 heavy (non-hydrogen) atoms. The highest BCUT2D eigenvalue weighted by atomic mass is 16.5. The van der Waals surface area contributed by atoms with Crippen LogP contribution in [-0.2, 0) is 24.2 Å². The number of ether oxygens (including phenoxy) is 1. The molecule has 2 amide bonds. The summed E-state index contributed by atoms with van der Waals surface area (Å²) < 4.78 is 4.95. The van der Waals surface area contributed by atoms with Gasteiger partial charge in [0.1, 0.15) is 5.82 Å². The molecular formula is C20H26N4O2. The van der Waals surface area contributed by atoms with Crippen molar-refractivity contribution in [3.05, 3.63) is 59.3 Å². The van der Waals surface area contributed by atoms with E-state index in [2.05, 4.69) is 44.8 Å². The van der Waals surface area contributed by atoms with Crippen LogP contribution in [0.4, 0.5) is 10.6 Å². The number of hydrogen-bond acceptors (Lipinski definition) is 4. The fraction of sp³-hybridized carbons (Fsp3) is 0.400. The number of fused-ring (bicyclic) bond motifs is 1. The monoisotopic (exact) mass is 354 g/mol. The topological polar surface area (TPSA) is 66.5 Å². The van der Waals surface area contributed by atoms with Crippen LogP contribution in [0.3, 0.4) is 0 Å². The van der Waals surface area contributed by atoms with Crippen LogP contribution < -0.4 is 15.5 Å². The first-order valence-electron chi connectivity index (χ1n) is 9.03. The Morgan fingerprint density at radius 3 is 2.81 bits per heavy atom. The van der Waals surface area contributed by atoms with E-state index in [0.29, 0.717) is 19.7 Å². The predicted octanol–water partition coefficient (Wildman–Crippen LogP) is 2.48. The summed E-state index contributed by atoms with van der Waals surface area (Å²) in [5, 5.41) is 5.64. The second-order valence-electron chi connectivity index (χ2n) is 6.42. The standard InChI is InChI=1S/C20H26N4O2/c1-26-12-4-10-21-20(25)23-14-16-7-8-19(22-13-16)24-11-9-17-5-2-3-6-18(17)15-24/h2-3,5-8,13H,4,9-12,14-15H2,1H3,(H2,21,23,25). The molecule has 138 valence electrons. The van der Waals surface area contributed by atoms with Crippen LogP contribution in [0.15, 0.2) is 42.6 Å². The first-order valence-corrected chi connectivity index (χ1v) is 9.03. The zero-order valence-electron chi connectivity index (χ0n) is 15.2. The van der Waals surface area contributed by atoms with Gasteiger partial charge in [0, 0.05) is 46.1 Å². The maximum absolute atomic E-state index is 11.7. The second-order valence-corrected chi connectivity index (χ2v) is 6.42. The van der Waals surface area contributed by atoms with Crippen molar-refractivity contribution >= 4 is 11.8 Å². The summed E-state index contributed by atoms with van der Waals surface area (Å²) in [6, 6.07) is 12.5. The van der Waals surface area contributed by atoms with Gasteiger partial charge < -0.3 is 20.3 Å². The van der Waals surface area contributed by atoms with Crippen molar-refractivity contribution in [1.29, 1.82) is 0 Å². The molecule has 3 rings (SSSR count). The van der Waals surface area contributed by atoms with E-state index in [-0.39, 0.29) is 6.03 Å². The van der Waals surface area contributed by atoms with Gasteiger partial charge in [0.25, 0.3) is 0 Å². The van der Waals surface area contributed by atoms with Crippen LogP contribution in [0.25, 0.3) is 0 Å². The Morgan fingerprint density at radius 1 is 1.19 bits per heavy atom. The molecule has 0 radical (unpaired) electrons. The van der Waals surface area contributed by atoms with E-state index >= 15 is 0 Å². The number of urea groups is 1. The van der Waals surface area contributed by atoms with E-state index < -0.39 is 0 Å². The molecule has 1 aliphatic rings. The Bertz CT molecular complexity index is 718. The molecule has 0 aliphatic carbocycles. The van der Waals surface area contributed by atoms with Crippen LogP contribution in [0.5, 0.6) is 0 Å². The molecule has 0 saturated heterocycles. The Balaban J connectivity index is 1.47. The SMILES string of the molecule is COCCCNC(=O)NCc1ccc(N2CCc3ccccc3C2)nc1. The van der Waals surface area contributed by atoms with E-state index in [0.717, 1.165) is 37.3 Å². The minimum atomic E-state index is -0.169. The number of aromatic nitrogens is 1. The number of carbonyl (C=O) groups is 1. The molecule has 0 fully saturated rings. The van der Waals surface area contributed by atoms with Crippen molar-refractivity contribution in [2.45, 2.75) is 25.9 Å². The zero-order valence-corrected chi connectivity index (χ0v) is 15.2. The number of hydrogen-bond donors (Lipinski definition) is 2. The Kier molecular flexibility index (Phi) is 6.44. The minimum absolute atomic E-state index is 0.169. The Morgan fingerprint density at radius 2 is 2.04 bits per heavy atom. The number of amides is 2. The molecule has 2 N–H and O–H groups in total. The minimum Gasteiger partial charge on any atom is -0.385 e. The van der Waals surface area contributed by atoms with E-state index in [9.17, 15) is 4.79 Å². The highest BCUT2D eigenvalue weighted by molar-refractivity contribution is 5.73. The fourth-order valence-electron chi connectivity index (χ4n) is 3.06. The van der Waals surface area contributed by atoms with Gasteiger partial charge in [-0.2, -0.15) is 0 Å². The van der Waals surface area contributed by atoms with Crippen molar-refractivity contribution in [1.82, 2.24) is 15.6 Å². The van der Waals surface area contributed by atoms with Crippen LogP contribution in [0.1, 0.15) is 23.1 Å². The highest BCUT2D eigenvalue weighted by Gasteiger charge is 2.16. The van der Waals surface area contributed by atoms with Crippen LogP contribution in [-0.4, -0.2) is 37.8 Å². The molecule has 0 atom stereocenters. The van der Waals surface area contributed by atoms with Gasteiger partial charge in [0.05, 0.1) is 0 Å². The van der Waals surface area contributed by atoms with Gasteiger partial charge >= 0.3 is 6.03 Å². The molecule has 0 saturated carbocycles. The average Bonchev–Trinajstić information content (AvgIpc) is 2.70. The summed E-state index contributed by atoms with van der Waals surface area (Å²) in [4.78, 5) is 18.6. The summed E-state index contributed by atoms with van der Waals surface area (Å²) in [5.74, 6) is 0.979. The number of anilines is 1. The molecular weight excluding hydrogens is 328 g/mol. The van der Waals surface area contributed by atoms with Crippen LogP contribution in [0, 0.1) is 0 Å². The van der Waals surface area contributed by atoms with Crippen molar-refractivity contribution in [2.75, 3.05) is 31.7 Å². The molecule has 1 aromatic carbocycles. The summed E-state index contributed by atoms with van der Waals surface area (Å²) in [5.41, 5.74) is 3.79. The second kappa shape index (κ2) is 9.20. The molecule has 6 heteroatoms. The van der Waals surface area contributed by atoms with Gasteiger partial charge in [-0.15, -0.1) is 0 Å². The van der Waals surface area contributed by atoms with E-state index in [1.165, 1.54) is 11.1 Å². The number of nitrogens with zero attached hydrogens (tertiary/aromatic N) is 2. The normalized spacial score (nSPS) is 13.2. The number of methoxy groups -OCH3 is 1. The van der Waals surface area contributed by atoms with Gasteiger partial charge in [-0.3, -0.25) is 0 Å². The predicted molar refractivity (Wildman–Crippen MR) is 102 cm³/mol. The molecule has 2 heterocycles. The van der Waals surface area contributed by atoms with Crippen molar-refractivity contribution in [3.8, 4) is 0 Å². The van der Waals surface area contributed by atoms with Gasteiger partial charge in [-0.25, -0.2) is 9.78 Å². The number of benzene rings is 1. The summed E-state index contributed by atoms with van der Waals surface area (Å²) in [6.45, 7) is 3.59. The maximum atomic E-state index is 11.7. The largest absolute Gasteiger partial charge is 0.385 e. The molecule has 0 unspecified atom stereocenters. The highest BCUT2D eigenvalue weighted by Crippen LogP contribution is 2.22. The molecule has 0 spiro atoms. The number of pyridine rings is 1. The van der Waals surface area contributed by atoms with E-state index in [4.69, 9.17) is 4.74 Å². The Hall–Kier alpha value is -2.60. The quantitative estimate of drug-likeness (QED) is 0.750. The number of nitrogens with one attached hydrogen (secondary N) is 2. The van der Waals surface area contributed by atoms with E-state index in [1.807, 2.05) is 18.3 Å². The molecule has 1 aromatic heterocycles. The van der Waals surface area contributed by atoms with Crippen LogP contribution in [0.2, 0.25) is 0 Å². The first-order chi connectivity index (χ1) is 12.8. The molecule has 0 bridgehead atoms. The third kappa shape index (κ3) is 4.95. The van der Waals surface area contributed by atoms with Gasteiger partial charge in [-0.1, -0.05) is 30.3 Å². The lowest BCUT2D eigenvalue weighted by atomic mass is 10.00. The third-order valence-electron chi connectivity index (χ3n) is 4.53. The number of carbonyl (C=O) groups excluding carboxylic acids is 1. The van der Waals surface area contributed by atoms with E-state index in [1.54, 1.807) is 7.11 Å². The average molecular weight is 354 g/mol. The lowest BCUT2D eigenvalue weighted by molar-refractivity contribution is 0.193. The third-order valence-corrected chi connectivity index (χ3v) is 4.53. The van der Waals surface area contributed by atoms with Crippen molar-refractivity contribution in [3.63, 3.8) is 0 Å². The lowest BCUT2D eigenvalue weighted by Gasteiger charge is -2.29. The van der Waals surface area contributed by atoms with Crippen LogP contribution >= 0.6 is 0 Å². The number of rotatable bonds is 7. The summed E-state index contributed by atoms with van der Waals surface area (Å²) >= 11 is 0. The molecule has 6 nitrogen and oxygen atoms in total. The lowest BCUT2D eigenvalue weighted by Crippen LogP contribution is -2.36.